The lowest BCUT2D eigenvalue weighted by atomic mass is 10.1. The van der Waals surface area contributed by atoms with Crippen molar-refractivity contribution < 1.29 is 19.5 Å². The quantitative estimate of drug-likeness (QED) is 0.376. The van der Waals surface area contributed by atoms with Gasteiger partial charge in [0.1, 0.15) is 6.04 Å². The van der Waals surface area contributed by atoms with Crippen LogP contribution in [0.2, 0.25) is 5.02 Å². The van der Waals surface area contributed by atoms with E-state index in [-0.39, 0.29) is 24.9 Å². The number of benzene rings is 1. The fourth-order valence-corrected chi connectivity index (χ4v) is 4.32. The van der Waals surface area contributed by atoms with Crippen LogP contribution in [-0.2, 0) is 33.9 Å². The number of carboxylic acids is 1. The molecule has 1 aliphatic rings. The van der Waals surface area contributed by atoms with Crippen molar-refractivity contribution in [1.29, 1.82) is 0 Å². The SMILES string of the molecule is NCc1ccc(Cl)cc1CNC(=O)[C@@H]1CCCN1C(=O)C(CCc1ccccn1)NCC(=O)O. The van der Waals surface area contributed by atoms with Crippen molar-refractivity contribution >= 4 is 29.4 Å². The monoisotopic (exact) mass is 487 g/mol. The molecule has 3 rings (SSSR count). The number of carbonyl (C=O) groups excluding carboxylic acids is 2. The van der Waals surface area contributed by atoms with Gasteiger partial charge in [0.2, 0.25) is 11.8 Å². The number of halogens is 1. The lowest BCUT2D eigenvalue weighted by Gasteiger charge is -2.28. The van der Waals surface area contributed by atoms with E-state index in [4.69, 9.17) is 22.4 Å². The Hall–Kier alpha value is -3.01. The Labute approximate surface area is 203 Å². The van der Waals surface area contributed by atoms with E-state index in [1.165, 1.54) is 0 Å². The number of nitrogens with zero attached hydrogens (tertiary/aromatic N) is 2. The number of carboxylic acid groups (broad SMARTS) is 1. The van der Waals surface area contributed by atoms with Gasteiger partial charge in [-0.15, -0.1) is 0 Å². The molecule has 2 heterocycles. The van der Waals surface area contributed by atoms with E-state index in [9.17, 15) is 14.4 Å². The maximum Gasteiger partial charge on any atom is 0.317 e. The van der Waals surface area contributed by atoms with Gasteiger partial charge >= 0.3 is 5.97 Å². The van der Waals surface area contributed by atoms with Gasteiger partial charge in [-0.05, 0) is 61.1 Å². The summed E-state index contributed by atoms with van der Waals surface area (Å²) in [7, 11) is 0. The van der Waals surface area contributed by atoms with Gasteiger partial charge in [-0.25, -0.2) is 0 Å². The van der Waals surface area contributed by atoms with Crippen LogP contribution >= 0.6 is 11.6 Å². The number of hydrogen-bond donors (Lipinski definition) is 4. The highest BCUT2D eigenvalue weighted by Gasteiger charge is 2.37. The first-order chi connectivity index (χ1) is 16.4. The maximum atomic E-state index is 13.3. The van der Waals surface area contributed by atoms with E-state index in [1.807, 2.05) is 24.3 Å². The molecule has 9 nitrogen and oxygen atoms in total. The fourth-order valence-electron chi connectivity index (χ4n) is 4.12. The summed E-state index contributed by atoms with van der Waals surface area (Å²) in [6.07, 6.45) is 3.79. The van der Waals surface area contributed by atoms with Crippen LogP contribution in [-0.4, -0.2) is 57.9 Å². The number of pyridine rings is 1. The number of aryl methyl sites for hydroxylation is 1. The van der Waals surface area contributed by atoms with Gasteiger partial charge in [-0.2, -0.15) is 0 Å². The first-order valence-electron chi connectivity index (χ1n) is 11.3. The maximum absolute atomic E-state index is 13.3. The smallest absolute Gasteiger partial charge is 0.317 e. The highest BCUT2D eigenvalue weighted by Crippen LogP contribution is 2.21. The number of nitrogens with one attached hydrogen (secondary N) is 2. The Bertz CT molecular complexity index is 1000. The zero-order chi connectivity index (χ0) is 24.5. The van der Waals surface area contributed by atoms with Crippen molar-refractivity contribution in [1.82, 2.24) is 20.5 Å². The third-order valence-electron chi connectivity index (χ3n) is 5.89. The molecule has 0 radical (unpaired) electrons. The highest BCUT2D eigenvalue weighted by atomic mass is 35.5. The van der Waals surface area contributed by atoms with Crippen molar-refractivity contribution in [2.24, 2.45) is 5.73 Å². The average molecular weight is 488 g/mol. The van der Waals surface area contributed by atoms with E-state index >= 15 is 0 Å². The second-order valence-corrected chi connectivity index (χ2v) is 8.65. The van der Waals surface area contributed by atoms with Crippen LogP contribution in [0, 0.1) is 0 Å². The van der Waals surface area contributed by atoms with Gasteiger partial charge in [0, 0.05) is 36.5 Å². The number of aliphatic carboxylic acids is 1. The summed E-state index contributed by atoms with van der Waals surface area (Å²) in [6.45, 7) is 0.672. The number of nitrogens with two attached hydrogens (primary N) is 1. The van der Waals surface area contributed by atoms with Gasteiger partial charge in [0.05, 0.1) is 12.6 Å². The molecule has 1 aliphatic heterocycles. The van der Waals surface area contributed by atoms with E-state index in [0.29, 0.717) is 43.8 Å². The average Bonchev–Trinajstić information content (AvgIpc) is 3.33. The summed E-state index contributed by atoms with van der Waals surface area (Å²) in [6, 6.07) is 9.53. The predicted molar refractivity (Wildman–Crippen MR) is 128 cm³/mol. The van der Waals surface area contributed by atoms with Crippen molar-refractivity contribution in [3.05, 3.63) is 64.4 Å². The number of rotatable bonds is 11. The zero-order valence-corrected chi connectivity index (χ0v) is 19.6. The number of carbonyl (C=O) groups is 3. The summed E-state index contributed by atoms with van der Waals surface area (Å²) in [5.74, 6) is -1.58. The Morgan fingerprint density at radius 1 is 1.24 bits per heavy atom. The Morgan fingerprint density at radius 2 is 2.06 bits per heavy atom. The topological polar surface area (TPSA) is 138 Å². The molecule has 1 aromatic heterocycles. The number of aromatic nitrogens is 1. The van der Waals surface area contributed by atoms with E-state index < -0.39 is 18.1 Å². The summed E-state index contributed by atoms with van der Waals surface area (Å²) in [5, 5.41) is 15.4. The molecular formula is C24H30ClN5O4. The fraction of sp³-hybridized carbons (Fsp3) is 0.417. The minimum Gasteiger partial charge on any atom is -0.480 e. The molecule has 1 aromatic carbocycles. The number of amides is 2. The summed E-state index contributed by atoms with van der Waals surface area (Å²) >= 11 is 6.08. The van der Waals surface area contributed by atoms with Crippen LogP contribution in [0.4, 0.5) is 0 Å². The molecule has 1 saturated heterocycles. The molecule has 34 heavy (non-hydrogen) atoms. The summed E-state index contributed by atoms with van der Waals surface area (Å²) < 4.78 is 0. The van der Waals surface area contributed by atoms with Gasteiger partial charge in [0.25, 0.3) is 0 Å². The molecule has 0 bridgehead atoms. The molecule has 182 valence electrons. The number of hydrogen-bond acceptors (Lipinski definition) is 6. The van der Waals surface area contributed by atoms with E-state index in [1.54, 1.807) is 23.2 Å². The van der Waals surface area contributed by atoms with Gasteiger partial charge < -0.3 is 21.1 Å². The van der Waals surface area contributed by atoms with Gasteiger partial charge in [-0.1, -0.05) is 23.7 Å². The van der Waals surface area contributed by atoms with E-state index in [0.717, 1.165) is 16.8 Å². The van der Waals surface area contributed by atoms with Gasteiger partial charge in [-0.3, -0.25) is 24.7 Å². The predicted octanol–water partition coefficient (Wildman–Crippen LogP) is 1.48. The van der Waals surface area contributed by atoms with Crippen LogP contribution < -0.4 is 16.4 Å². The van der Waals surface area contributed by atoms with Gasteiger partial charge in [0.15, 0.2) is 0 Å². The molecule has 1 fully saturated rings. The molecule has 10 heteroatoms. The van der Waals surface area contributed by atoms with Crippen LogP contribution in [0.25, 0.3) is 0 Å². The van der Waals surface area contributed by atoms with Crippen LogP contribution in [0.1, 0.15) is 36.1 Å². The molecule has 0 saturated carbocycles. The second kappa shape index (κ2) is 12.5. The standard InChI is InChI=1S/C24H30ClN5O4/c25-18-7-6-16(13-26)17(12-18)14-29-23(33)21-5-3-11-30(21)24(34)20(28-15-22(31)32)9-8-19-4-1-2-10-27-19/h1-2,4,6-7,10,12,20-21,28H,3,5,8-9,11,13-15,26H2,(H,29,33)(H,31,32)/t20?,21-/m0/s1. The normalized spacial score (nSPS) is 16.3. The van der Waals surface area contributed by atoms with Crippen molar-refractivity contribution in [3.8, 4) is 0 Å². The Balaban J connectivity index is 1.66. The third-order valence-corrected chi connectivity index (χ3v) is 6.13. The summed E-state index contributed by atoms with van der Waals surface area (Å²) in [4.78, 5) is 43.3. The molecule has 0 aliphatic carbocycles. The number of likely N-dealkylation sites (tertiary alicyclic amines) is 1. The first kappa shape index (κ1) is 25.6. The molecule has 0 spiro atoms. The van der Waals surface area contributed by atoms with Crippen molar-refractivity contribution in [2.75, 3.05) is 13.1 Å². The minimum absolute atomic E-state index is 0.254. The zero-order valence-electron chi connectivity index (χ0n) is 18.9. The first-order valence-corrected chi connectivity index (χ1v) is 11.7. The molecule has 2 aromatic rings. The highest BCUT2D eigenvalue weighted by molar-refractivity contribution is 6.30. The molecular weight excluding hydrogens is 458 g/mol. The van der Waals surface area contributed by atoms with Crippen molar-refractivity contribution in [2.45, 2.75) is 50.9 Å². The molecule has 2 atom stereocenters. The minimum atomic E-state index is -1.05. The Kier molecular flexibility index (Phi) is 9.38. The lowest BCUT2D eigenvalue weighted by Crippen LogP contribution is -2.53. The van der Waals surface area contributed by atoms with Crippen LogP contribution in [0.5, 0.6) is 0 Å². The molecule has 1 unspecified atom stereocenters. The van der Waals surface area contributed by atoms with Crippen LogP contribution in [0.3, 0.4) is 0 Å². The molecule has 5 N–H and O–H groups in total. The summed E-state index contributed by atoms with van der Waals surface area (Å²) in [5.41, 5.74) is 8.31. The Morgan fingerprint density at radius 3 is 2.76 bits per heavy atom. The van der Waals surface area contributed by atoms with E-state index in [2.05, 4.69) is 15.6 Å². The lowest BCUT2D eigenvalue weighted by molar-refractivity contribution is -0.141. The van der Waals surface area contributed by atoms with Crippen LogP contribution in [0.15, 0.2) is 42.6 Å². The third kappa shape index (κ3) is 6.99. The molecule has 2 amide bonds. The second-order valence-electron chi connectivity index (χ2n) is 8.21. The largest absolute Gasteiger partial charge is 0.480 e. The van der Waals surface area contributed by atoms with Crippen molar-refractivity contribution in [3.63, 3.8) is 0 Å².